The first-order chi connectivity index (χ1) is 13.4. The van der Waals surface area contributed by atoms with Crippen molar-refractivity contribution in [3.8, 4) is 0 Å². The number of carbonyl (C=O) groups excluding carboxylic acids is 1. The molecular weight excluding hydrogens is 389 g/mol. The molecule has 0 aliphatic heterocycles. The number of furan rings is 1. The molecule has 1 amide bonds. The second-order valence-corrected chi connectivity index (χ2v) is 7.99. The summed E-state index contributed by atoms with van der Waals surface area (Å²) in [5.74, 6) is -0.252. The predicted molar refractivity (Wildman–Crippen MR) is 95.3 cm³/mol. The predicted octanol–water partition coefficient (Wildman–Crippen LogP) is 2.07. The topological polar surface area (TPSA) is 115 Å². The summed E-state index contributed by atoms with van der Waals surface area (Å²) >= 11 is 0. The molecule has 3 aromatic rings. The zero-order valence-electron chi connectivity index (χ0n) is 14.8. The number of nitrogens with zero attached hydrogens (tertiary/aromatic N) is 2. The highest BCUT2D eigenvalue weighted by Gasteiger charge is 2.19. The van der Waals surface area contributed by atoms with E-state index >= 15 is 0 Å². The molecule has 10 heteroatoms. The van der Waals surface area contributed by atoms with Crippen LogP contribution in [0.25, 0.3) is 0 Å². The van der Waals surface area contributed by atoms with Gasteiger partial charge in [-0.3, -0.25) is 4.79 Å². The zero-order valence-corrected chi connectivity index (χ0v) is 15.6. The van der Waals surface area contributed by atoms with E-state index in [1.165, 1.54) is 12.1 Å². The molecule has 0 spiro atoms. The first-order valence-electron chi connectivity index (χ1n) is 8.51. The minimum atomic E-state index is -3.72. The van der Waals surface area contributed by atoms with Gasteiger partial charge in [0.1, 0.15) is 17.3 Å². The van der Waals surface area contributed by atoms with Crippen LogP contribution in [0.2, 0.25) is 0 Å². The first kappa shape index (κ1) is 19.7. The Hall–Kier alpha value is -3.01. The van der Waals surface area contributed by atoms with E-state index in [1.54, 1.807) is 12.3 Å². The molecule has 0 unspecified atom stereocenters. The molecule has 28 heavy (non-hydrogen) atoms. The Balaban J connectivity index is 1.47. The fourth-order valence-corrected chi connectivity index (χ4v) is 3.61. The highest BCUT2D eigenvalue weighted by molar-refractivity contribution is 7.90. The standard InChI is InChI=1S/C18H18FN3O5S/c19-13-3-5-15(6-4-13)28(24,25)12-16-21-18(27-22-16)8-7-17(23)20-10-9-14-2-1-11-26-14/h1-6,11H,7-10,12H2,(H,20,23). The van der Waals surface area contributed by atoms with Gasteiger partial charge >= 0.3 is 0 Å². The monoisotopic (exact) mass is 407 g/mol. The molecule has 0 radical (unpaired) electrons. The van der Waals surface area contributed by atoms with Crippen LogP contribution >= 0.6 is 0 Å². The number of benzene rings is 1. The molecule has 148 valence electrons. The third-order valence-corrected chi connectivity index (χ3v) is 5.47. The van der Waals surface area contributed by atoms with E-state index in [9.17, 15) is 17.6 Å². The van der Waals surface area contributed by atoms with Crippen LogP contribution < -0.4 is 5.32 Å². The minimum absolute atomic E-state index is 0.0162. The van der Waals surface area contributed by atoms with Crippen molar-refractivity contribution < 1.29 is 26.5 Å². The maximum atomic E-state index is 12.9. The molecule has 0 atom stereocenters. The average molecular weight is 407 g/mol. The number of hydrogen-bond donors (Lipinski definition) is 1. The lowest BCUT2D eigenvalue weighted by Crippen LogP contribution is -2.25. The number of aromatic nitrogens is 2. The summed E-state index contributed by atoms with van der Waals surface area (Å²) in [6.45, 7) is 0.442. The van der Waals surface area contributed by atoms with Crippen molar-refractivity contribution in [2.45, 2.75) is 29.9 Å². The van der Waals surface area contributed by atoms with Gasteiger partial charge in [-0.25, -0.2) is 12.8 Å². The summed E-state index contributed by atoms with van der Waals surface area (Å²) in [6.07, 6.45) is 2.48. The Morgan fingerprint density at radius 3 is 2.64 bits per heavy atom. The largest absolute Gasteiger partial charge is 0.469 e. The Morgan fingerprint density at radius 1 is 1.14 bits per heavy atom. The minimum Gasteiger partial charge on any atom is -0.469 e. The Kier molecular flexibility index (Phi) is 6.19. The quantitative estimate of drug-likeness (QED) is 0.540. The van der Waals surface area contributed by atoms with E-state index in [4.69, 9.17) is 8.94 Å². The van der Waals surface area contributed by atoms with Gasteiger partial charge in [0, 0.05) is 25.8 Å². The van der Waals surface area contributed by atoms with Crippen molar-refractivity contribution in [3.05, 3.63) is 66.0 Å². The fraction of sp³-hybridized carbons (Fsp3) is 0.278. The second-order valence-electron chi connectivity index (χ2n) is 6.00. The van der Waals surface area contributed by atoms with E-state index in [-0.39, 0.29) is 35.4 Å². The van der Waals surface area contributed by atoms with E-state index in [0.717, 1.165) is 17.9 Å². The van der Waals surface area contributed by atoms with Crippen molar-refractivity contribution in [1.82, 2.24) is 15.5 Å². The van der Waals surface area contributed by atoms with E-state index in [1.807, 2.05) is 6.07 Å². The molecule has 0 aliphatic carbocycles. The van der Waals surface area contributed by atoms with Gasteiger partial charge in [-0.15, -0.1) is 0 Å². The van der Waals surface area contributed by atoms with Crippen LogP contribution in [0.5, 0.6) is 0 Å². The van der Waals surface area contributed by atoms with E-state index in [2.05, 4.69) is 15.5 Å². The van der Waals surface area contributed by atoms with Crippen molar-refractivity contribution in [2.24, 2.45) is 0 Å². The average Bonchev–Trinajstić information content (AvgIpc) is 3.32. The zero-order chi connectivity index (χ0) is 20.0. The molecule has 0 bridgehead atoms. The van der Waals surface area contributed by atoms with Crippen LogP contribution in [-0.2, 0) is 33.2 Å². The fourth-order valence-electron chi connectivity index (χ4n) is 2.43. The van der Waals surface area contributed by atoms with Crippen molar-refractivity contribution in [2.75, 3.05) is 6.54 Å². The van der Waals surface area contributed by atoms with Gasteiger partial charge in [0.2, 0.25) is 11.8 Å². The van der Waals surface area contributed by atoms with Crippen LogP contribution in [0, 0.1) is 5.82 Å². The molecule has 2 aromatic heterocycles. The second kappa shape index (κ2) is 8.79. The van der Waals surface area contributed by atoms with Gasteiger partial charge in [0.05, 0.1) is 11.2 Å². The van der Waals surface area contributed by atoms with Crippen LogP contribution in [0.3, 0.4) is 0 Å². The summed E-state index contributed by atoms with van der Waals surface area (Å²) in [4.78, 5) is 15.8. The summed E-state index contributed by atoms with van der Waals surface area (Å²) in [6, 6.07) is 8.10. The summed E-state index contributed by atoms with van der Waals surface area (Å²) in [7, 11) is -3.72. The van der Waals surface area contributed by atoms with Gasteiger partial charge in [0.25, 0.3) is 0 Å². The molecule has 1 aromatic carbocycles. The lowest BCUT2D eigenvalue weighted by molar-refractivity contribution is -0.121. The number of carbonyl (C=O) groups is 1. The molecule has 8 nitrogen and oxygen atoms in total. The third-order valence-electron chi connectivity index (χ3n) is 3.84. The molecule has 0 saturated carbocycles. The maximum Gasteiger partial charge on any atom is 0.227 e. The van der Waals surface area contributed by atoms with Gasteiger partial charge < -0.3 is 14.3 Å². The summed E-state index contributed by atoms with van der Waals surface area (Å²) in [5, 5.41) is 6.38. The molecule has 0 saturated heterocycles. The smallest absolute Gasteiger partial charge is 0.227 e. The van der Waals surface area contributed by atoms with Crippen LogP contribution in [0.4, 0.5) is 4.39 Å². The molecule has 3 rings (SSSR count). The van der Waals surface area contributed by atoms with Crippen molar-refractivity contribution in [3.63, 3.8) is 0 Å². The Bertz CT molecular complexity index is 1010. The number of sulfone groups is 1. The van der Waals surface area contributed by atoms with Crippen molar-refractivity contribution >= 4 is 15.7 Å². The van der Waals surface area contributed by atoms with Crippen LogP contribution in [0.1, 0.15) is 23.9 Å². The van der Waals surface area contributed by atoms with Gasteiger partial charge in [-0.2, -0.15) is 4.98 Å². The SMILES string of the molecule is O=C(CCc1nc(CS(=O)(=O)c2ccc(F)cc2)no1)NCCc1ccco1. The lowest BCUT2D eigenvalue weighted by Gasteiger charge is -2.02. The molecular formula is C18H18FN3O5S. The maximum absolute atomic E-state index is 12.9. The highest BCUT2D eigenvalue weighted by Crippen LogP contribution is 2.16. The van der Waals surface area contributed by atoms with Gasteiger partial charge in [0.15, 0.2) is 15.7 Å². The number of halogens is 1. The third kappa shape index (κ3) is 5.49. The lowest BCUT2D eigenvalue weighted by atomic mass is 10.3. The summed E-state index contributed by atoms with van der Waals surface area (Å²) < 4.78 is 47.7. The number of amides is 1. The number of rotatable bonds is 9. The van der Waals surface area contributed by atoms with Crippen LogP contribution in [-0.4, -0.2) is 31.0 Å². The number of nitrogens with one attached hydrogen (secondary N) is 1. The first-order valence-corrected chi connectivity index (χ1v) is 10.2. The summed E-state index contributed by atoms with van der Waals surface area (Å²) in [5.41, 5.74) is 0. The highest BCUT2D eigenvalue weighted by atomic mass is 32.2. The number of aryl methyl sites for hydroxylation is 1. The molecule has 2 heterocycles. The van der Waals surface area contributed by atoms with E-state index in [0.29, 0.717) is 13.0 Å². The number of hydrogen-bond acceptors (Lipinski definition) is 7. The van der Waals surface area contributed by atoms with Crippen LogP contribution in [0.15, 0.2) is 56.5 Å². The molecule has 0 fully saturated rings. The molecule has 0 aliphatic rings. The molecule has 1 N–H and O–H groups in total. The Morgan fingerprint density at radius 2 is 1.93 bits per heavy atom. The Labute approximate surface area is 160 Å². The van der Waals surface area contributed by atoms with Gasteiger partial charge in [-0.1, -0.05) is 5.16 Å². The van der Waals surface area contributed by atoms with E-state index < -0.39 is 21.4 Å². The normalized spacial score (nSPS) is 11.5. The van der Waals surface area contributed by atoms with Gasteiger partial charge in [-0.05, 0) is 36.4 Å². The van der Waals surface area contributed by atoms with Crippen molar-refractivity contribution in [1.29, 1.82) is 0 Å².